The van der Waals surface area contributed by atoms with Gasteiger partial charge in [-0.3, -0.25) is 0 Å². The molecule has 0 unspecified atom stereocenters. The van der Waals surface area contributed by atoms with Crippen LogP contribution < -0.4 is 0 Å². The third-order valence-corrected chi connectivity index (χ3v) is 10.6. The molecule has 68 valence electrons. The number of rotatable bonds is 2. The Bertz CT molecular complexity index is 344. The van der Waals surface area contributed by atoms with E-state index in [1.165, 1.54) is 0 Å². The van der Waals surface area contributed by atoms with Crippen LogP contribution in [0.5, 0.6) is 0 Å². The van der Waals surface area contributed by atoms with Crippen LogP contribution in [0.25, 0.3) is 0 Å². The summed E-state index contributed by atoms with van der Waals surface area (Å²) in [6.45, 7) is 0. The average molecular weight is 252 g/mol. The molecule has 0 saturated carbocycles. The van der Waals surface area contributed by atoms with Gasteiger partial charge in [0.2, 0.25) is 0 Å². The molecule has 0 heterocycles. The van der Waals surface area contributed by atoms with Crippen LogP contribution in [0.1, 0.15) is 12.8 Å². The van der Waals surface area contributed by atoms with E-state index in [1.807, 2.05) is 0 Å². The van der Waals surface area contributed by atoms with Crippen molar-refractivity contribution in [2.75, 3.05) is 0 Å². The van der Waals surface area contributed by atoms with Crippen LogP contribution >= 0.6 is 0 Å². The molecule has 0 aromatic carbocycles. The molecule has 0 spiro atoms. The van der Waals surface area contributed by atoms with E-state index < -0.39 is 16.7 Å². The van der Waals surface area contributed by atoms with Crippen LogP contribution in [0.2, 0.25) is 5.14 Å². The van der Waals surface area contributed by atoms with Gasteiger partial charge in [0, 0.05) is 0 Å². The molecule has 0 N–H and O–H groups in total. The topological polar surface area (TPSA) is 0 Å². The Balaban J connectivity index is 2.26. The summed E-state index contributed by atoms with van der Waals surface area (Å²) in [6, 6.07) is 0. The SMILES string of the molecule is [CH2]=[Nb]([CH3])([C]1=CC=CC1)[C]1=CC=CC1. The maximum absolute atomic E-state index is 4.52. The molecule has 0 bridgehead atoms. The van der Waals surface area contributed by atoms with E-state index in [4.69, 9.17) is 0 Å². The summed E-state index contributed by atoms with van der Waals surface area (Å²) in [6.07, 6.45) is 15.7. The summed E-state index contributed by atoms with van der Waals surface area (Å²) in [5.41, 5.74) is 0. The van der Waals surface area contributed by atoms with Crippen molar-refractivity contribution >= 4 is 4.73 Å². The van der Waals surface area contributed by atoms with Gasteiger partial charge < -0.3 is 0 Å². The van der Waals surface area contributed by atoms with Crippen molar-refractivity contribution in [3.05, 3.63) is 44.0 Å². The Morgan fingerprint density at radius 1 is 1.08 bits per heavy atom. The van der Waals surface area contributed by atoms with E-state index >= 15 is 0 Å². The summed E-state index contributed by atoms with van der Waals surface area (Å²) < 4.78 is 7.78. The molecule has 2 aliphatic carbocycles. The standard InChI is InChI=1S/2C5H5.CH3.CH2.Nb/c2*1-2-4-5-3-1;;;/h2*1-3H,4H2;1H3;1H2;. The zero-order chi connectivity index (χ0) is 9.31. The minimum absolute atomic E-state index is 1.16. The van der Waals surface area contributed by atoms with Crippen molar-refractivity contribution in [1.29, 1.82) is 0 Å². The van der Waals surface area contributed by atoms with Crippen molar-refractivity contribution in [3.8, 4) is 0 Å². The van der Waals surface area contributed by atoms with Gasteiger partial charge in [-0.25, -0.2) is 0 Å². The van der Waals surface area contributed by atoms with E-state index in [0.29, 0.717) is 0 Å². The fourth-order valence-electron chi connectivity index (χ4n) is 1.79. The maximum atomic E-state index is 4.52. The molecule has 0 radical (unpaired) electrons. The monoisotopic (exact) mass is 252 g/mol. The van der Waals surface area contributed by atoms with Gasteiger partial charge in [0.25, 0.3) is 0 Å². The third-order valence-electron chi connectivity index (χ3n) is 2.77. The Labute approximate surface area is 83.4 Å². The van der Waals surface area contributed by atoms with E-state index in [1.54, 1.807) is 7.58 Å². The normalized spacial score (nSPS) is 20.7. The fourth-order valence-corrected chi connectivity index (χ4v) is 7.23. The quantitative estimate of drug-likeness (QED) is 0.661. The van der Waals surface area contributed by atoms with Gasteiger partial charge in [0.15, 0.2) is 0 Å². The van der Waals surface area contributed by atoms with Crippen molar-refractivity contribution in [2.45, 2.75) is 18.0 Å². The van der Waals surface area contributed by atoms with Crippen LogP contribution in [0.15, 0.2) is 44.0 Å². The van der Waals surface area contributed by atoms with Gasteiger partial charge in [-0.1, -0.05) is 0 Å². The van der Waals surface area contributed by atoms with E-state index in [0.717, 1.165) is 12.8 Å². The zero-order valence-electron chi connectivity index (χ0n) is 8.03. The summed E-state index contributed by atoms with van der Waals surface area (Å²) in [5, 5.41) is 2.41. The van der Waals surface area contributed by atoms with Gasteiger partial charge in [-0.2, -0.15) is 0 Å². The van der Waals surface area contributed by atoms with Crippen molar-refractivity contribution in [2.24, 2.45) is 0 Å². The first-order valence-electron chi connectivity index (χ1n) is 4.64. The molecule has 0 nitrogen and oxygen atoms in total. The predicted molar refractivity (Wildman–Crippen MR) is 56.7 cm³/mol. The van der Waals surface area contributed by atoms with Gasteiger partial charge >= 0.3 is 83.4 Å². The third kappa shape index (κ3) is 1.62. The molecular formula is C12H15Nb. The molecule has 0 atom stereocenters. The first-order chi connectivity index (χ1) is 6.21. The number of hydrogen-bond acceptors (Lipinski definition) is 0. The molecule has 0 aromatic rings. The fraction of sp³-hybridized carbons (Fsp3) is 0.250. The molecule has 0 aromatic heterocycles. The summed E-state index contributed by atoms with van der Waals surface area (Å²) in [4.78, 5) is 0. The molecule has 0 fully saturated rings. The molecular weight excluding hydrogens is 237 g/mol. The van der Waals surface area contributed by atoms with Crippen LogP contribution in [0.3, 0.4) is 0 Å². The second kappa shape index (κ2) is 3.38. The van der Waals surface area contributed by atoms with Crippen molar-refractivity contribution in [3.63, 3.8) is 0 Å². The van der Waals surface area contributed by atoms with Crippen LogP contribution in [-0.2, 0) is 16.7 Å². The Morgan fingerprint density at radius 3 is 1.85 bits per heavy atom. The molecule has 1 heteroatoms. The summed E-state index contributed by atoms with van der Waals surface area (Å²) in [5.74, 6) is 0. The number of allylic oxidation sites excluding steroid dienone is 8. The predicted octanol–water partition coefficient (Wildman–Crippen LogP) is 3.31. The van der Waals surface area contributed by atoms with Crippen molar-refractivity contribution < 1.29 is 16.7 Å². The van der Waals surface area contributed by atoms with Crippen LogP contribution in [-0.4, -0.2) is 4.73 Å². The first-order valence-corrected chi connectivity index (χ1v) is 10.6. The van der Waals surface area contributed by atoms with Gasteiger partial charge in [0.05, 0.1) is 0 Å². The van der Waals surface area contributed by atoms with E-state index in [9.17, 15) is 0 Å². The van der Waals surface area contributed by atoms with E-state index in [-0.39, 0.29) is 0 Å². The molecule has 13 heavy (non-hydrogen) atoms. The van der Waals surface area contributed by atoms with Crippen LogP contribution in [0.4, 0.5) is 0 Å². The van der Waals surface area contributed by atoms with Crippen molar-refractivity contribution in [1.82, 2.24) is 0 Å². The first kappa shape index (κ1) is 9.14. The zero-order valence-corrected chi connectivity index (χ0v) is 10.2. The van der Waals surface area contributed by atoms with Gasteiger partial charge in [-0.15, -0.1) is 0 Å². The van der Waals surface area contributed by atoms with Gasteiger partial charge in [0.1, 0.15) is 0 Å². The summed E-state index contributed by atoms with van der Waals surface area (Å²) in [7, 11) is 0. The second-order valence-corrected chi connectivity index (χ2v) is 12.5. The second-order valence-electron chi connectivity index (χ2n) is 3.77. The molecule has 2 rings (SSSR count). The molecule has 0 amide bonds. The molecule has 2 aliphatic rings. The Kier molecular flexibility index (Phi) is 2.37. The number of hydrogen-bond donors (Lipinski definition) is 0. The summed E-state index contributed by atoms with van der Waals surface area (Å²) >= 11 is -2.15. The average Bonchev–Trinajstić information content (AvgIpc) is 2.78. The van der Waals surface area contributed by atoms with E-state index in [2.05, 4.69) is 46.3 Å². The Hall–Kier alpha value is -0.430. The Morgan fingerprint density at radius 2 is 1.54 bits per heavy atom. The minimum atomic E-state index is -2.15. The molecule has 0 saturated heterocycles. The van der Waals surface area contributed by atoms with Crippen LogP contribution in [0, 0.1) is 0 Å². The van der Waals surface area contributed by atoms with Gasteiger partial charge in [-0.05, 0) is 0 Å². The molecule has 0 aliphatic heterocycles.